The summed E-state index contributed by atoms with van der Waals surface area (Å²) in [5.41, 5.74) is 2.57. The lowest BCUT2D eigenvalue weighted by molar-refractivity contribution is 0.102. The van der Waals surface area contributed by atoms with E-state index in [0.29, 0.717) is 33.1 Å². The van der Waals surface area contributed by atoms with E-state index >= 15 is 0 Å². The smallest absolute Gasteiger partial charge is 0.257 e. The molecule has 2 N–H and O–H groups in total. The van der Waals surface area contributed by atoms with E-state index in [2.05, 4.69) is 16.6 Å². The van der Waals surface area contributed by atoms with Crippen molar-refractivity contribution < 1.29 is 9.59 Å². The zero-order valence-corrected chi connectivity index (χ0v) is 15.8. The van der Waals surface area contributed by atoms with Gasteiger partial charge in [-0.1, -0.05) is 17.5 Å². The van der Waals surface area contributed by atoms with E-state index in [-0.39, 0.29) is 5.56 Å². The van der Waals surface area contributed by atoms with Gasteiger partial charge in [0.1, 0.15) is 0 Å². The second-order valence-corrected chi connectivity index (χ2v) is 6.45. The van der Waals surface area contributed by atoms with Gasteiger partial charge in [0.15, 0.2) is 0 Å². The predicted molar refractivity (Wildman–Crippen MR) is 113 cm³/mol. The molecule has 0 unspecified atom stereocenters. The van der Waals surface area contributed by atoms with Gasteiger partial charge < -0.3 is 10.6 Å². The van der Waals surface area contributed by atoms with Gasteiger partial charge in [0, 0.05) is 21.8 Å². The molecule has 0 bridgehead atoms. The molecule has 0 fully saturated rings. The Morgan fingerprint density at radius 3 is 2.14 bits per heavy atom. The van der Waals surface area contributed by atoms with E-state index in [4.69, 9.17) is 23.3 Å². The molecule has 29 heavy (non-hydrogen) atoms. The summed E-state index contributed by atoms with van der Waals surface area (Å²) in [6.07, 6.45) is 5.33. The average molecular weight is 400 g/mol. The van der Waals surface area contributed by atoms with Crippen molar-refractivity contribution in [3.63, 3.8) is 0 Å². The second-order valence-electron chi connectivity index (χ2n) is 6.01. The highest BCUT2D eigenvalue weighted by Gasteiger charge is 2.15. The molecule has 0 aliphatic rings. The van der Waals surface area contributed by atoms with E-state index in [1.54, 1.807) is 48.5 Å². The molecule has 0 aliphatic heterocycles. The fourth-order valence-electron chi connectivity index (χ4n) is 2.55. The third-order valence-electron chi connectivity index (χ3n) is 4.06. The van der Waals surface area contributed by atoms with E-state index in [1.165, 1.54) is 18.2 Å². The van der Waals surface area contributed by atoms with Crippen molar-refractivity contribution >= 4 is 34.8 Å². The molecule has 0 radical (unpaired) electrons. The van der Waals surface area contributed by atoms with E-state index in [1.807, 2.05) is 6.07 Å². The Bertz CT molecular complexity index is 1150. The summed E-state index contributed by atoms with van der Waals surface area (Å²) in [6.45, 7) is 0. The number of halogens is 1. The zero-order valence-electron chi connectivity index (χ0n) is 15.1. The fourth-order valence-corrected chi connectivity index (χ4v) is 2.72. The van der Waals surface area contributed by atoms with E-state index < -0.39 is 11.8 Å². The summed E-state index contributed by atoms with van der Waals surface area (Å²) in [7, 11) is 0. The van der Waals surface area contributed by atoms with Gasteiger partial charge in [0.2, 0.25) is 0 Å². The van der Waals surface area contributed by atoms with Crippen molar-refractivity contribution in [2.24, 2.45) is 0 Å². The van der Waals surface area contributed by atoms with Crippen LogP contribution in [-0.2, 0) is 0 Å². The Kier molecular flexibility index (Phi) is 5.94. The molecule has 3 aromatic carbocycles. The van der Waals surface area contributed by atoms with Crippen molar-refractivity contribution in [2.45, 2.75) is 0 Å². The maximum absolute atomic E-state index is 12.7. The molecule has 0 saturated heterocycles. The quantitative estimate of drug-likeness (QED) is 0.624. The van der Waals surface area contributed by atoms with Gasteiger partial charge in [-0.2, -0.15) is 5.26 Å². The number of terminal acetylenes is 1. The van der Waals surface area contributed by atoms with Crippen molar-refractivity contribution in [3.8, 4) is 18.4 Å². The van der Waals surface area contributed by atoms with Crippen LogP contribution >= 0.6 is 11.6 Å². The van der Waals surface area contributed by atoms with Crippen molar-refractivity contribution in [1.82, 2.24) is 0 Å². The van der Waals surface area contributed by atoms with Crippen LogP contribution in [0.4, 0.5) is 11.4 Å². The van der Waals surface area contributed by atoms with Crippen LogP contribution in [0.1, 0.15) is 31.8 Å². The van der Waals surface area contributed by atoms with Gasteiger partial charge in [0.05, 0.1) is 22.9 Å². The van der Waals surface area contributed by atoms with Crippen molar-refractivity contribution in [1.29, 1.82) is 5.26 Å². The van der Waals surface area contributed by atoms with Crippen LogP contribution in [0.15, 0.2) is 66.7 Å². The van der Waals surface area contributed by atoms with Crippen LogP contribution in [0.2, 0.25) is 5.02 Å². The second kappa shape index (κ2) is 8.75. The minimum Gasteiger partial charge on any atom is -0.322 e. The van der Waals surface area contributed by atoms with Crippen molar-refractivity contribution in [2.75, 3.05) is 10.6 Å². The molecule has 3 aromatic rings. The van der Waals surface area contributed by atoms with Crippen LogP contribution < -0.4 is 10.6 Å². The lowest BCUT2D eigenvalue weighted by atomic mass is 10.1. The van der Waals surface area contributed by atoms with Gasteiger partial charge in [-0.25, -0.2) is 0 Å². The van der Waals surface area contributed by atoms with Gasteiger partial charge in [0.25, 0.3) is 11.8 Å². The lowest BCUT2D eigenvalue weighted by Gasteiger charge is -2.12. The number of hydrogen-bond donors (Lipinski definition) is 2. The molecule has 0 aromatic heterocycles. The molecule has 3 rings (SSSR count). The van der Waals surface area contributed by atoms with Crippen LogP contribution in [0, 0.1) is 23.7 Å². The number of rotatable bonds is 4. The normalized spacial score (nSPS) is 9.76. The fraction of sp³-hybridized carbons (Fsp3) is 0. The minimum atomic E-state index is -0.434. The molecule has 0 heterocycles. The largest absolute Gasteiger partial charge is 0.322 e. The number of hydrogen-bond acceptors (Lipinski definition) is 3. The van der Waals surface area contributed by atoms with Crippen LogP contribution in [0.25, 0.3) is 0 Å². The SMILES string of the molecule is C#Cc1ccc(NC(=O)c2cc(Cl)ccc2NC(=O)c2ccc(C#N)cc2)cc1. The van der Waals surface area contributed by atoms with Gasteiger partial charge in [-0.05, 0) is 66.7 Å². The third kappa shape index (κ3) is 4.81. The summed E-state index contributed by atoms with van der Waals surface area (Å²) in [6, 6.07) is 19.6. The first-order valence-corrected chi connectivity index (χ1v) is 8.87. The molecule has 6 heteroatoms. The molecule has 5 nitrogen and oxygen atoms in total. The highest BCUT2D eigenvalue weighted by Crippen LogP contribution is 2.23. The molecular formula is C23H14ClN3O2. The Balaban J connectivity index is 1.82. The van der Waals surface area contributed by atoms with Gasteiger partial charge in [-0.3, -0.25) is 9.59 Å². The maximum Gasteiger partial charge on any atom is 0.257 e. The van der Waals surface area contributed by atoms with Crippen LogP contribution in [-0.4, -0.2) is 11.8 Å². The molecular weight excluding hydrogens is 386 g/mol. The number of carbonyl (C=O) groups excluding carboxylic acids is 2. The summed E-state index contributed by atoms with van der Waals surface area (Å²) in [5.74, 6) is 1.66. The number of anilines is 2. The first kappa shape index (κ1) is 19.7. The molecule has 0 aliphatic carbocycles. The average Bonchev–Trinajstić information content (AvgIpc) is 2.75. The topological polar surface area (TPSA) is 82.0 Å². The lowest BCUT2D eigenvalue weighted by Crippen LogP contribution is -2.18. The molecule has 140 valence electrons. The number of nitrogens with zero attached hydrogens (tertiary/aromatic N) is 1. The Hall–Kier alpha value is -4.06. The Morgan fingerprint density at radius 1 is 0.862 bits per heavy atom. The number of amides is 2. The molecule has 2 amide bonds. The number of benzene rings is 3. The Labute approximate surface area is 172 Å². The molecule has 0 saturated carbocycles. The van der Waals surface area contributed by atoms with Crippen molar-refractivity contribution in [3.05, 3.63) is 94.0 Å². The van der Waals surface area contributed by atoms with Gasteiger partial charge in [-0.15, -0.1) is 6.42 Å². The first-order valence-electron chi connectivity index (χ1n) is 8.49. The van der Waals surface area contributed by atoms with Crippen LogP contribution in [0.5, 0.6) is 0 Å². The van der Waals surface area contributed by atoms with Crippen LogP contribution in [0.3, 0.4) is 0 Å². The highest BCUT2D eigenvalue weighted by molar-refractivity contribution is 6.31. The molecule has 0 spiro atoms. The first-order chi connectivity index (χ1) is 14.0. The maximum atomic E-state index is 12.7. The molecule has 0 atom stereocenters. The standard InChI is InChI=1S/C23H14ClN3O2/c1-2-15-5-10-19(11-6-15)26-23(29)20-13-18(24)9-12-21(20)27-22(28)17-7-3-16(14-25)4-8-17/h1,3-13H,(H,26,29)(H,27,28). The summed E-state index contributed by atoms with van der Waals surface area (Å²) >= 11 is 6.04. The summed E-state index contributed by atoms with van der Waals surface area (Å²) in [4.78, 5) is 25.3. The zero-order chi connectivity index (χ0) is 20.8. The van der Waals surface area contributed by atoms with Gasteiger partial charge >= 0.3 is 0 Å². The summed E-state index contributed by atoms with van der Waals surface area (Å²) in [5, 5.41) is 14.7. The number of nitriles is 1. The number of nitrogens with one attached hydrogen (secondary N) is 2. The Morgan fingerprint density at radius 2 is 1.52 bits per heavy atom. The number of carbonyl (C=O) groups is 2. The van der Waals surface area contributed by atoms with E-state index in [9.17, 15) is 9.59 Å². The predicted octanol–water partition coefficient (Wildman–Crippen LogP) is 4.70. The highest BCUT2D eigenvalue weighted by atomic mass is 35.5. The monoisotopic (exact) mass is 399 g/mol. The third-order valence-corrected chi connectivity index (χ3v) is 4.30. The summed E-state index contributed by atoms with van der Waals surface area (Å²) < 4.78 is 0. The van der Waals surface area contributed by atoms with E-state index in [0.717, 1.165) is 0 Å². The minimum absolute atomic E-state index is 0.209.